The standard InChI is InChI=1S/C25H26N6O4/c1-4-17-7-9-18(10-8-17)15-26-20(32)13-14-21-27-23(29-35-21)22-24(33)30(3)25(34)31(28-22)19-11-5-16(2)6-12-19/h5-12H,4,13-15H2,1-3H3,(H,26,32). The summed E-state index contributed by atoms with van der Waals surface area (Å²) in [6.45, 7) is 4.45. The van der Waals surface area contributed by atoms with E-state index in [1.54, 1.807) is 12.1 Å². The lowest BCUT2D eigenvalue weighted by Crippen LogP contribution is -2.40. The summed E-state index contributed by atoms with van der Waals surface area (Å²) in [6.07, 6.45) is 1.31. The van der Waals surface area contributed by atoms with Gasteiger partial charge in [0.1, 0.15) is 0 Å². The van der Waals surface area contributed by atoms with Crippen LogP contribution in [0.1, 0.15) is 35.9 Å². The molecule has 10 heteroatoms. The number of nitrogens with zero attached hydrogens (tertiary/aromatic N) is 5. The molecule has 180 valence electrons. The fourth-order valence-electron chi connectivity index (χ4n) is 3.42. The summed E-state index contributed by atoms with van der Waals surface area (Å²) in [4.78, 5) is 41.7. The summed E-state index contributed by atoms with van der Waals surface area (Å²) in [5, 5.41) is 10.9. The summed E-state index contributed by atoms with van der Waals surface area (Å²) >= 11 is 0. The highest BCUT2D eigenvalue weighted by Crippen LogP contribution is 2.12. The third-order valence-electron chi connectivity index (χ3n) is 5.62. The van der Waals surface area contributed by atoms with E-state index in [9.17, 15) is 14.4 Å². The Labute approximate surface area is 201 Å². The Balaban J connectivity index is 1.45. The molecule has 0 atom stereocenters. The number of amides is 1. The molecule has 0 saturated carbocycles. The number of benzene rings is 2. The SMILES string of the molecule is CCc1ccc(CNC(=O)CCc2nc(-c3nn(-c4ccc(C)cc4)c(=O)n(C)c3=O)no2)cc1. The van der Waals surface area contributed by atoms with Crippen molar-refractivity contribution in [3.8, 4) is 17.2 Å². The number of hydrogen-bond acceptors (Lipinski definition) is 7. The molecule has 1 N–H and O–H groups in total. The molecule has 10 nitrogen and oxygen atoms in total. The van der Waals surface area contributed by atoms with Gasteiger partial charge in [-0.3, -0.25) is 14.2 Å². The van der Waals surface area contributed by atoms with E-state index < -0.39 is 11.2 Å². The minimum absolute atomic E-state index is 0.0436. The Kier molecular flexibility index (Phi) is 7.00. The third kappa shape index (κ3) is 5.43. The van der Waals surface area contributed by atoms with Gasteiger partial charge in [-0.05, 0) is 36.6 Å². The Bertz CT molecular complexity index is 1450. The molecule has 0 aliphatic rings. The fraction of sp³-hybridized carbons (Fsp3) is 0.280. The van der Waals surface area contributed by atoms with Gasteiger partial charge in [0, 0.05) is 26.4 Å². The van der Waals surface area contributed by atoms with E-state index in [0.29, 0.717) is 12.2 Å². The molecule has 2 aromatic heterocycles. The maximum atomic E-state index is 12.7. The van der Waals surface area contributed by atoms with E-state index in [2.05, 4.69) is 27.5 Å². The summed E-state index contributed by atoms with van der Waals surface area (Å²) in [5.41, 5.74) is 2.43. The molecule has 4 rings (SSSR count). The fourth-order valence-corrected chi connectivity index (χ4v) is 3.42. The highest BCUT2D eigenvalue weighted by atomic mass is 16.5. The van der Waals surface area contributed by atoms with Crippen molar-refractivity contribution in [2.24, 2.45) is 7.05 Å². The number of aryl methyl sites for hydroxylation is 3. The van der Waals surface area contributed by atoms with Crippen molar-refractivity contribution in [3.05, 3.63) is 92.0 Å². The zero-order valence-electron chi connectivity index (χ0n) is 19.8. The van der Waals surface area contributed by atoms with E-state index in [0.717, 1.165) is 26.8 Å². The van der Waals surface area contributed by atoms with Gasteiger partial charge < -0.3 is 9.84 Å². The number of rotatable bonds is 8. The molecular weight excluding hydrogens is 448 g/mol. The van der Waals surface area contributed by atoms with Crippen LogP contribution in [0.3, 0.4) is 0 Å². The van der Waals surface area contributed by atoms with Gasteiger partial charge in [-0.1, -0.05) is 54.0 Å². The van der Waals surface area contributed by atoms with Crippen LogP contribution in [-0.4, -0.2) is 30.4 Å². The average Bonchev–Trinajstić information content (AvgIpc) is 3.35. The molecule has 0 saturated heterocycles. The third-order valence-corrected chi connectivity index (χ3v) is 5.62. The first-order valence-corrected chi connectivity index (χ1v) is 11.3. The van der Waals surface area contributed by atoms with Crippen molar-refractivity contribution in [2.45, 2.75) is 39.7 Å². The van der Waals surface area contributed by atoms with Gasteiger partial charge in [-0.2, -0.15) is 14.8 Å². The van der Waals surface area contributed by atoms with Crippen molar-refractivity contribution in [1.29, 1.82) is 0 Å². The second-order valence-electron chi connectivity index (χ2n) is 8.20. The van der Waals surface area contributed by atoms with Gasteiger partial charge in [0.05, 0.1) is 5.69 Å². The molecule has 0 radical (unpaired) electrons. The van der Waals surface area contributed by atoms with Crippen LogP contribution >= 0.6 is 0 Å². The van der Waals surface area contributed by atoms with Crippen LogP contribution in [0.4, 0.5) is 0 Å². The molecular formula is C25H26N6O4. The highest BCUT2D eigenvalue weighted by molar-refractivity contribution is 5.76. The molecule has 4 aromatic rings. The molecule has 0 aliphatic carbocycles. The van der Waals surface area contributed by atoms with Gasteiger partial charge in [0.25, 0.3) is 5.56 Å². The molecule has 35 heavy (non-hydrogen) atoms. The monoisotopic (exact) mass is 474 g/mol. The first kappa shape index (κ1) is 23.8. The molecule has 0 bridgehead atoms. The van der Waals surface area contributed by atoms with Crippen LogP contribution in [0.5, 0.6) is 0 Å². The summed E-state index contributed by atoms with van der Waals surface area (Å²) in [5.74, 6) is -0.0106. The van der Waals surface area contributed by atoms with Gasteiger partial charge in [0.2, 0.25) is 17.6 Å². The zero-order valence-corrected chi connectivity index (χ0v) is 19.8. The van der Waals surface area contributed by atoms with E-state index in [4.69, 9.17) is 4.52 Å². The average molecular weight is 475 g/mol. The van der Waals surface area contributed by atoms with Crippen molar-refractivity contribution >= 4 is 5.91 Å². The second kappa shape index (κ2) is 10.3. The molecule has 0 spiro atoms. The quantitative estimate of drug-likeness (QED) is 0.415. The summed E-state index contributed by atoms with van der Waals surface area (Å²) in [7, 11) is 1.36. The number of hydrogen-bond donors (Lipinski definition) is 1. The first-order chi connectivity index (χ1) is 16.9. The largest absolute Gasteiger partial charge is 0.352 e. The van der Waals surface area contributed by atoms with Gasteiger partial charge in [-0.25, -0.2) is 4.79 Å². The number of nitrogens with one attached hydrogen (secondary N) is 1. The van der Waals surface area contributed by atoms with Crippen LogP contribution in [0, 0.1) is 6.92 Å². The predicted octanol–water partition coefficient (Wildman–Crippen LogP) is 2.10. The van der Waals surface area contributed by atoms with Crippen molar-refractivity contribution < 1.29 is 9.32 Å². The lowest BCUT2D eigenvalue weighted by atomic mass is 10.1. The van der Waals surface area contributed by atoms with Gasteiger partial charge in [-0.15, -0.1) is 0 Å². The summed E-state index contributed by atoms with van der Waals surface area (Å²) in [6, 6.07) is 15.2. The molecule has 1 amide bonds. The maximum absolute atomic E-state index is 12.7. The highest BCUT2D eigenvalue weighted by Gasteiger charge is 2.19. The van der Waals surface area contributed by atoms with Crippen molar-refractivity contribution in [3.63, 3.8) is 0 Å². The molecule has 2 heterocycles. The van der Waals surface area contributed by atoms with Crippen LogP contribution < -0.4 is 16.6 Å². The second-order valence-corrected chi connectivity index (χ2v) is 8.20. The van der Waals surface area contributed by atoms with Crippen LogP contribution in [0.25, 0.3) is 17.2 Å². The van der Waals surface area contributed by atoms with Gasteiger partial charge >= 0.3 is 5.69 Å². The maximum Gasteiger partial charge on any atom is 0.351 e. The smallest absolute Gasteiger partial charge is 0.351 e. The van der Waals surface area contributed by atoms with Gasteiger partial charge in [0.15, 0.2) is 5.69 Å². The first-order valence-electron chi connectivity index (χ1n) is 11.3. The molecule has 0 fully saturated rings. The minimum atomic E-state index is -0.641. The van der Waals surface area contributed by atoms with E-state index in [1.807, 2.05) is 43.3 Å². The lowest BCUT2D eigenvalue weighted by molar-refractivity contribution is -0.121. The normalized spacial score (nSPS) is 10.9. The van der Waals surface area contributed by atoms with Crippen LogP contribution in [0.2, 0.25) is 0 Å². The minimum Gasteiger partial charge on any atom is -0.352 e. The lowest BCUT2D eigenvalue weighted by Gasteiger charge is -2.08. The van der Waals surface area contributed by atoms with E-state index in [1.165, 1.54) is 12.6 Å². The Morgan fingerprint density at radius 2 is 1.71 bits per heavy atom. The van der Waals surface area contributed by atoms with Crippen molar-refractivity contribution in [2.75, 3.05) is 0 Å². The number of carbonyl (C=O) groups is 1. The Hall–Kier alpha value is -4.34. The van der Waals surface area contributed by atoms with Crippen LogP contribution in [-0.2, 0) is 31.2 Å². The Morgan fingerprint density at radius 1 is 1.03 bits per heavy atom. The predicted molar refractivity (Wildman–Crippen MR) is 129 cm³/mol. The zero-order chi connectivity index (χ0) is 24.9. The van der Waals surface area contributed by atoms with E-state index in [-0.39, 0.29) is 36.2 Å². The molecule has 0 aliphatic heterocycles. The van der Waals surface area contributed by atoms with Crippen molar-refractivity contribution in [1.82, 2.24) is 29.8 Å². The number of aromatic nitrogens is 5. The number of carbonyl (C=O) groups excluding carboxylic acids is 1. The topological polar surface area (TPSA) is 125 Å². The molecule has 2 aromatic carbocycles. The Morgan fingerprint density at radius 3 is 2.40 bits per heavy atom. The molecule has 0 unspecified atom stereocenters. The van der Waals surface area contributed by atoms with E-state index >= 15 is 0 Å². The summed E-state index contributed by atoms with van der Waals surface area (Å²) < 4.78 is 7.29. The van der Waals surface area contributed by atoms with Crippen LogP contribution in [0.15, 0.2) is 62.6 Å².